The first-order valence-corrected chi connectivity index (χ1v) is 5.76. The Hall–Kier alpha value is -0.450. The topological polar surface area (TPSA) is 34.2 Å². The summed E-state index contributed by atoms with van der Waals surface area (Å²) in [7, 11) is 0. The van der Waals surface area contributed by atoms with Crippen molar-refractivity contribution in [2.24, 2.45) is 0 Å². The molecule has 0 saturated carbocycles. The van der Waals surface area contributed by atoms with Crippen molar-refractivity contribution in [3.8, 4) is 0 Å². The number of nitrogens with zero attached hydrogens (tertiary/aromatic N) is 1. The molecule has 0 aliphatic carbocycles. The van der Waals surface area contributed by atoms with Crippen LogP contribution in [-0.2, 0) is 4.74 Å². The maximum absolute atomic E-state index is 5.13. The van der Waals surface area contributed by atoms with Gasteiger partial charge in [-0.25, -0.2) is 4.98 Å². The van der Waals surface area contributed by atoms with Crippen LogP contribution in [0.4, 0.5) is 0 Å². The Bertz CT molecular complexity index is 320. The summed E-state index contributed by atoms with van der Waals surface area (Å²) < 4.78 is 5.13. The van der Waals surface area contributed by atoms with E-state index >= 15 is 0 Å². The third-order valence-electron chi connectivity index (χ3n) is 2.47. The Morgan fingerprint density at radius 3 is 2.64 bits per heavy atom. The maximum atomic E-state index is 5.13. The average molecular weight is 212 g/mol. The molecule has 1 fully saturated rings. The highest BCUT2D eigenvalue weighted by Gasteiger charge is 2.22. The number of aryl methyl sites for hydroxylation is 2. The molecule has 3 nitrogen and oxygen atoms in total. The van der Waals surface area contributed by atoms with Crippen LogP contribution in [-0.4, -0.2) is 24.2 Å². The summed E-state index contributed by atoms with van der Waals surface area (Å²) in [6, 6.07) is 0.861. The van der Waals surface area contributed by atoms with Crippen molar-refractivity contribution in [1.82, 2.24) is 10.3 Å². The molecule has 1 N–H and O–H groups in total. The molecule has 2 heterocycles. The third-order valence-corrected chi connectivity index (χ3v) is 3.38. The average Bonchev–Trinajstić information content (AvgIpc) is 2.37. The van der Waals surface area contributed by atoms with E-state index in [2.05, 4.69) is 31.1 Å². The van der Waals surface area contributed by atoms with E-state index in [4.69, 9.17) is 4.74 Å². The van der Waals surface area contributed by atoms with Crippen LogP contribution in [0.5, 0.6) is 0 Å². The van der Waals surface area contributed by atoms with Crippen LogP contribution in [0.3, 0.4) is 0 Å². The van der Waals surface area contributed by atoms with E-state index in [9.17, 15) is 0 Å². The molecule has 2 rings (SSSR count). The molecule has 1 aliphatic rings. The van der Waals surface area contributed by atoms with Gasteiger partial charge in [-0.05, 0) is 20.8 Å². The summed E-state index contributed by atoms with van der Waals surface area (Å²) in [6.45, 7) is 8.04. The van der Waals surface area contributed by atoms with Gasteiger partial charge in [0, 0.05) is 10.9 Å². The second-order valence-corrected chi connectivity index (χ2v) is 5.20. The standard InChI is InChI=1S/C10H16N2OS/c1-6(11-9-4-13-5-9)10-7(2)14-8(3)12-10/h6,9,11H,4-5H2,1-3H3. The molecule has 0 aromatic carbocycles. The Morgan fingerprint density at radius 2 is 2.21 bits per heavy atom. The number of hydrogen-bond acceptors (Lipinski definition) is 4. The first-order valence-electron chi connectivity index (χ1n) is 4.94. The molecule has 0 radical (unpaired) electrons. The second kappa shape index (κ2) is 3.96. The number of rotatable bonds is 3. The minimum absolute atomic E-state index is 0.342. The zero-order valence-corrected chi connectivity index (χ0v) is 9.65. The minimum Gasteiger partial charge on any atom is -0.378 e. The van der Waals surface area contributed by atoms with E-state index in [1.165, 1.54) is 10.6 Å². The molecule has 4 heteroatoms. The highest BCUT2D eigenvalue weighted by Crippen LogP contribution is 2.23. The Morgan fingerprint density at radius 1 is 1.50 bits per heavy atom. The summed E-state index contributed by atoms with van der Waals surface area (Å²) in [4.78, 5) is 5.86. The fourth-order valence-corrected chi connectivity index (χ4v) is 2.63. The monoisotopic (exact) mass is 212 g/mol. The molecule has 1 atom stereocenters. The van der Waals surface area contributed by atoms with Gasteiger partial charge in [-0.3, -0.25) is 0 Å². The number of hydrogen-bond donors (Lipinski definition) is 1. The highest BCUT2D eigenvalue weighted by atomic mass is 32.1. The predicted octanol–water partition coefficient (Wildman–Crippen LogP) is 1.81. The smallest absolute Gasteiger partial charge is 0.0900 e. The molecule has 0 amide bonds. The van der Waals surface area contributed by atoms with Crippen LogP contribution in [0.2, 0.25) is 0 Å². The van der Waals surface area contributed by atoms with E-state index in [-0.39, 0.29) is 0 Å². The molecule has 14 heavy (non-hydrogen) atoms. The lowest BCUT2D eigenvalue weighted by Gasteiger charge is -2.29. The van der Waals surface area contributed by atoms with Gasteiger partial charge < -0.3 is 10.1 Å². The molecule has 1 aliphatic heterocycles. The third kappa shape index (κ3) is 1.97. The summed E-state index contributed by atoms with van der Waals surface area (Å²) in [5.41, 5.74) is 1.19. The zero-order valence-electron chi connectivity index (χ0n) is 8.83. The zero-order chi connectivity index (χ0) is 10.1. The van der Waals surface area contributed by atoms with E-state index < -0.39 is 0 Å². The molecule has 0 spiro atoms. The molecule has 1 aromatic heterocycles. The van der Waals surface area contributed by atoms with E-state index in [0.29, 0.717) is 12.1 Å². The van der Waals surface area contributed by atoms with Crippen LogP contribution >= 0.6 is 11.3 Å². The van der Waals surface area contributed by atoms with Crippen LogP contribution in [0.15, 0.2) is 0 Å². The summed E-state index contributed by atoms with van der Waals surface area (Å²) >= 11 is 1.77. The quantitative estimate of drug-likeness (QED) is 0.829. The van der Waals surface area contributed by atoms with Gasteiger partial charge in [-0.15, -0.1) is 11.3 Å². The summed E-state index contributed by atoms with van der Waals surface area (Å²) in [6.07, 6.45) is 0. The molecular weight excluding hydrogens is 196 g/mol. The first kappa shape index (κ1) is 10.1. The van der Waals surface area contributed by atoms with Crippen LogP contribution in [0, 0.1) is 13.8 Å². The lowest BCUT2D eigenvalue weighted by molar-refractivity contribution is -0.00944. The van der Waals surface area contributed by atoms with Crippen molar-refractivity contribution in [3.63, 3.8) is 0 Å². The lowest BCUT2D eigenvalue weighted by Crippen LogP contribution is -2.46. The largest absolute Gasteiger partial charge is 0.378 e. The van der Waals surface area contributed by atoms with E-state index in [1.807, 2.05) is 0 Å². The maximum Gasteiger partial charge on any atom is 0.0900 e. The lowest BCUT2D eigenvalue weighted by atomic mass is 10.1. The minimum atomic E-state index is 0.342. The van der Waals surface area contributed by atoms with Crippen molar-refractivity contribution < 1.29 is 4.74 Å². The summed E-state index contributed by atoms with van der Waals surface area (Å²) in [5.74, 6) is 0. The Balaban J connectivity index is 2.02. The van der Waals surface area contributed by atoms with Gasteiger partial charge in [0.2, 0.25) is 0 Å². The Labute approximate surface area is 88.5 Å². The van der Waals surface area contributed by atoms with Gasteiger partial charge in [0.05, 0.1) is 30.0 Å². The van der Waals surface area contributed by atoms with Crippen LogP contribution in [0.25, 0.3) is 0 Å². The van der Waals surface area contributed by atoms with Gasteiger partial charge in [0.25, 0.3) is 0 Å². The van der Waals surface area contributed by atoms with Gasteiger partial charge in [0.1, 0.15) is 0 Å². The first-order chi connectivity index (χ1) is 6.66. The van der Waals surface area contributed by atoms with Crippen molar-refractivity contribution in [2.45, 2.75) is 32.9 Å². The van der Waals surface area contributed by atoms with E-state index in [0.717, 1.165) is 18.2 Å². The molecular formula is C10H16N2OS. The van der Waals surface area contributed by atoms with Crippen molar-refractivity contribution in [1.29, 1.82) is 0 Å². The molecule has 1 unspecified atom stereocenters. The fourth-order valence-electron chi connectivity index (χ4n) is 1.71. The van der Waals surface area contributed by atoms with Gasteiger partial charge in [-0.1, -0.05) is 0 Å². The van der Waals surface area contributed by atoms with Gasteiger partial charge in [0.15, 0.2) is 0 Å². The number of nitrogens with one attached hydrogen (secondary N) is 1. The molecule has 78 valence electrons. The molecule has 1 aromatic rings. The fraction of sp³-hybridized carbons (Fsp3) is 0.700. The van der Waals surface area contributed by atoms with E-state index in [1.54, 1.807) is 11.3 Å². The van der Waals surface area contributed by atoms with Crippen molar-refractivity contribution in [2.75, 3.05) is 13.2 Å². The predicted molar refractivity (Wildman–Crippen MR) is 57.7 cm³/mol. The van der Waals surface area contributed by atoms with Gasteiger partial charge >= 0.3 is 0 Å². The number of aromatic nitrogens is 1. The van der Waals surface area contributed by atoms with Crippen LogP contribution < -0.4 is 5.32 Å². The SMILES string of the molecule is Cc1nc(C(C)NC2COC2)c(C)s1. The highest BCUT2D eigenvalue weighted by molar-refractivity contribution is 7.11. The van der Waals surface area contributed by atoms with Gasteiger partial charge in [-0.2, -0.15) is 0 Å². The second-order valence-electron chi connectivity index (χ2n) is 3.80. The van der Waals surface area contributed by atoms with Crippen molar-refractivity contribution >= 4 is 11.3 Å². The molecule has 0 bridgehead atoms. The van der Waals surface area contributed by atoms with Crippen molar-refractivity contribution in [3.05, 3.63) is 15.6 Å². The summed E-state index contributed by atoms with van der Waals surface area (Å²) in [5, 5.41) is 4.66. The number of thiazole rings is 1. The normalized spacial score (nSPS) is 19.4. The van der Waals surface area contributed by atoms with Crippen LogP contribution in [0.1, 0.15) is 28.5 Å². The molecule has 1 saturated heterocycles. The number of ether oxygens (including phenoxy) is 1. The Kier molecular flexibility index (Phi) is 2.85.